The Hall–Kier alpha value is -0.850. The van der Waals surface area contributed by atoms with Gasteiger partial charge in [-0.1, -0.05) is 6.92 Å². The van der Waals surface area contributed by atoms with Crippen LogP contribution in [0.2, 0.25) is 0 Å². The summed E-state index contributed by atoms with van der Waals surface area (Å²) in [6, 6.07) is 4.01. The maximum absolute atomic E-state index is 3.98. The lowest BCUT2D eigenvalue weighted by atomic mass is 10.2. The van der Waals surface area contributed by atoms with Crippen LogP contribution in [0, 0.1) is 6.92 Å². The molecule has 0 saturated carbocycles. The molecule has 1 nitrogen and oxygen atoms in total. The van der Waals surface area contributed by atoms with E-state index in [1.54, 1.807) is 6.20 Å². The van der Waals surface area contributed by atoms with Crippen molar-refractivity contribution in [1.29, 1.82) is 0 Å². The molecule has 1 heteroatoms. The monoisotopic (exact) mass is 120 g/mol. The fraction of sp³-hybridized carbons (Fsp3) is 0.250. The Kier molecular flexibility index (Phi) is 1.83. The highest BCUT2D eigenvalue weighted by Gasteiger charge is 1.87. The van der Waals surface area contributed by atoms with E-state index in [9.17, 15) is 0 Å². The average molecular weight is 120 g/mol. The van der Waals surface area contributed by atoms with Crippen LogP contribution >= 0.6 is 0 Å². The molecule has 0 saturated heterocycles. The first kappa shape index (κ1) is 6.27. The molecular weight excluding hydrogens is 110 g/mol. The van der Waals surface area contributed by atoms with Crippen LogP contribution in [0.1, 0.15) is 18.2 Å². The molecule has 0 unspecified atom stereocenters. The molecule has 0 aromatic carbocycles. The van der Waals surface area contributed by atoms with E-state index >= 15 is 0 Å². The van der Waals surface area contributed by atoms with Gasteiger partial charge >= 0.3 is 0 Å². The number of nitrogens with zero attached hydrogens (tertiary/aromatic N) is 1. The Morgan fingerprint density at radius 3 is 2.89 bits per heavy atom. The largest absolute Gasteiger partial charge is 0.261 e. The van der Waals surface area contributed by atoms with Crippen LogP contribution in [0.4, 0.5) is 0 Å². The summed E-state index contributed by atoms with van der Waals surface area (Å²) in [6.45, 7) is 5.84. The van der Waals surface area contributed by atoms with Gasteiger partial charge in [0.2, 0.25) is 0 Å². The van der Waals surface area contributed by atoms with E-state index in [0.29, 0.717) is 0 Å². The van der Waals surface area contributed by atoms with Crippen molar-refractivity contribution >= 4 is 0 Å². The number of hydrogen-bond donors (Lipinski definition) is 0. The Balaban J connectivity index is 2.94. The van der Waals surface area contributed by atoms with Crippen molar-refractivity contribution in [3.63, 3.8) is 0 Å². The second kappa shape index (κ2) is 2.62. The summed E-state index contributed by atoms with van der Waals surface area (Å²) in [5.74, 6) is 0. The first-order valence-corrected chi connectivity index (χ1v) is 3.10. The smallest absolute Gasteiger partial charge is 0.0410 e. The second-order valence-corrected chi connectivity index (χ2v) is 2.01. The molecule has 0 fully saturated rings. The fourth-order valence-electron chi connectivity index (χ4n) is 0.748. The van der Waals surface area contributed by atoms with Crippen LogP contribution in [0.25, 0.3) is 0 Å². The Morgan fingerprint density at radius 2 is 2.44 bits per heavy atom. The van der Waals surface area contributed by atoms with Crippen molar-refractivity contribution in [3.05, 3.63) is 36.5 Å². The number of pyridine rings is 1. The van der Waals surface area contributed by atoms with Gasteiger partial charge in [-0.25, -0.2) is 0 Å². The van der Waals surface area contributed by atoms with E-state index < -0.39 is 0 Å². The first-order valence-electron chi connectivity index (χ1n) is 3.10. The molecule has 9 heavy (non-hydrogen) atoms. The van der Waals surface area contributed by atoms with Crippen LogP contribution in [0.3, 0.4) is 0 Å². The topological polar surface area (TPSA) is 12.9 Å². The highest BCUT2D eigenvalue weighted by atomic mass is 14.6. The van der Waals surface area contributed by atoms with Gasteiger partial charge in [-0.05, 0) is 31.0 Å². The fourth-order valence-corrected chi connectivity index (χ4v) is 0.748. The molecule has 0 N–H and O–H groups in total. The van der Waals surface area contributed by atoms with Gasteiger partial charge in [0.25, 0.3) is 0 Å². The molecule has 0 amide bonds. The molecule has 1 heterocycles. The zero-order chi connectivity index (χ0) is 6.69. The maximum atomic E-state index is 3.98. The van der Waals surface area contributed by atoms with Gasteiger partial charge in [0, 0.05) is 11.9 Å². The van der Waals surface area contributed by atoms with Crippen LogP contribution in [-0.4, -0.2) is 4.98 Å². The van der Waals surface area contributed by atoms with Crippen molar-refractivity contribution in [2.24, 2.45) is 0 Å². The van der Waals surface area contributed by atoms with Gasteiger partial charge in [-0.3, -0.25) is 4.98 Å². The molecule has 1 rings (SSSR count). The average Bonchev–Trinajstić information content (AvgIpc) is 1.88. The molecule has 0 atom stereocenters. The van der Waals surface area contributed by atoms with Gasteiger partial charge in [0.1, 0.15) is 0 Å². The van der Waals surface area contributed by atoms with Crippen molar-refractivity contribution in [3.8, 4) is 0 Å². The third kappa shape index (κ3) is 1.53. The minimum absolute atomic E-state index is 0.856. The summed E-state index contributed by atoms with van der Waals surface area (Å²) in [6.07, 6.45) is 2.85. The van der Waals surface area contributed by atoms with E-state index in [1.807, 2.05) is 12.1 Å². The summed E-state index contributed by atoms with van der Waals surface area (Å²) < 4.78 is 0. The lowest BCUT2D eigenvalue weighted by molar-refractivity contribution is 1.11. The number of hydrogen-bond acceptors (Lipinski definition) is 1. The van der Waals surface area contributed by atoms with Crippen LogP contribution in [-0.2, 0) is 6.42 Å². The minimum atomic E-state index is 0.856. The first-order chi connectivity index (χ1) is 4.33. The number of aryl methyl sites for hydroxylation is 1. The lowest BCUT2D eigenvalue weighted by Gasteiger charge is -1.94. The summed E-state index contributed by atoms with van der Waals surface area (Å²) in [4.78, 5) is 3.98. The van der Waals surface area contributed by atoms with Gasteiger partial charge in [-0.15, -0.1) is 0 Å². The van der Waals surface area contributed by atoms with Gasteiger partial charge in [0.15, 0.2) is 0 Å². The molecule has 47 valence electrons. The highest BCUT2D eigenvalue weighted by molar-refractivity contribution is 5.17. The van der Waals surface area contributed by atoms with Crippen molar-refractivity contribution in [2.45, 2.75) is 13.3 Å². The zero-order valence-electron chi connectivity index (χ0n) is 5.59. The van der Waals surface area contributed by atoms with E-state index in [-0.39, 0.29) is 0 Å². The molecule has 0 aliphatic heterocycles. The third-order valence-electron chi connectivity index (χ3n) is 1.29. The van der Waals surface area contributed by atoms with Crippen molar-refractivity contribution in [2.75, 3.05) is 0 Å². The number of rotatable bonds is 1. The molecule has 0 aliphatic rings. The van der Waals surface area contributed by atoms with Crippen molar-refractivity contribution in [1.82, 2.24) is 4.98 Å². The third-order valence-corrected chi connectivity index (χ3v) is 1.29. The standard InChI is InChI=1S/C8H10N/c1-3-8-4-5-9-7(2)6-8/h4-6H,2-3H2,1H3. The van der Waals surface area contributed by atoms with E-state index in [2.05, 4.69) is 18.8 Å². The van der Waals surface area contributed by atoms with Gasteiger partial charge in [-0.2, -0.15) is 0 Å². The predicted octanol–water partition coefficient (Wildman–Crippen LogP) is 1.83. The predicted molar refractivity (Wildman–Crippen MR) is 38.1 cm³/mol. The summed E-state index contributed by atoms with van der Waals surface area (Å²) in [5, 5.41) is 0. The van der Waals surface area contributed by atoms with Crippen LogP contribution in [0.15, 0.2) is 18.3 Å². The minimum Gasteiger partial charge on any atom is -0.261 e. The van der Waals surface area contributed by atoms with Gasteiger partial charge < -0.3 is 0 Å². The normalized spacial score (nSPS) is 9.56. The molecule has 1 aromatic rings. The van der Waals surface area contributed by atoms with Crippen LogP contribution < -0.4 is 0 Å². The lowest BCUT2D eigenvalue weighted by Crippen LogP contribution is -1.83. The summed E-state index contributed by atoms with van der Waals surface area (Å²) in [5.41, 5.74) is 2.16. The van der Waals surface area contributed by atoms with Crippen molar-refractivity contribution < 1.29 is 0 Å². The van der Waals surface area contributed by atoms with Crippen LogP contribution in [0.5, 0.6) is 0 Å². The summed E-state index contributed by atoms with van der Waals surface area (Å²) in [7, 11) is 0. The Bertz CT molecular complexity index is 194. The quantitative estimate of drug-likeness (QED) is 0.551. The Morgan fingerprint density at radius 1 is 1.67 bits per heavy atom. The van der Waals surface area contributed by atoms with E-state index in [1.165, 1.54) is 5.56 Å². The molecule has 0 aliphatic carbocycles. The zero-order valence-corrected chi connectivity index (χ0v) is 5.59. The van der Waals surface area contributed by atoms with E-state index in [4.69, 9.17) is 0 Å². The second-order valence-electron chi connectivity index (χ2n) is 2.01. The van der Waals surface area contributed by atoms with Gasteiger partial charge in [0.05, 0.1) is 0 Å². The molecule has 0 bridgehead atoms. The number of aromatic nitrogens is 1. The molecule has 1 radical (unpaired) electrons. The maximum Gasteiger partial charge on any atom is 0.0410 e. The van der Waals surface area contributed by atoms with E-state index in [0.717, 1.165) is 12.1 Å². The Labute approximate surface area is 55.7 Å². The summed E-state index contributed by atoms with van der Waals surface area (Å²) >= 11 is 0. The molecule has 1 aromatic heterocycles. The SMILES string of the molecule is [CH2]c1cc(CC)ccn1. The highest BCUT2D eigenvalue weighted by Crippen LogP contribution is 1.99. The molecule has 0 spiro atoms. The molecular formula is C8H10N.